The highest BCUT2D eigenvalue weighted by Gasteiger charge is 2.09. The van der Waals surface area contributed by atoms with Gasteiger partial charge in [0.25, 0.3) is 5.91 Å². The molecule has 0 bridgehead atoms. The van der Waals surface area contributed by atoms with Gasteiger partial charge in [-0.3, -0.25) is 9.59 Å². The van der Waals surface area contributed by atoms with Gasteiger partial charge < -0.3 is 10.6 Å². The zero-order valence-corrected chi connectivity index (χ0v) is 16.9. The summed E-state index contributed by atoms with van der Waals surface area (Å²) in [7, 11) is 0. The minimum atomic E-state index is -0.138. The smallest absolute Gasteiger partial charge is 0.255 e. The van der Waals surface area contributed by atoms with Crippen LogP contribution in [0.2, 0.25) is 0 Å². The maximum absolute atomic E-state index is 12.7. The van der Waals surface area contributed by atoms with E-state index in [9.17, 15) is 9.59 Å². The Kier molecular flexibility index (Phi) is 5.31. The first-order valence-electron chi connectivity index (χ1n) is 9.78. The molecule has 30 heavy (non-hydrogen) atoms. The van der Waals surface area contributed by atoms with E-state index < -0.39 is 0 Å². The normalized spacial score (nSPS) is 10.6. The zero-order chi connectivity index (χ0) is 21.1. The van der Waals surface area contributed by atoms with Gasteiger partial charge in [0, 0.05) is 23.9 Å². The van der Waals surface area contributed by atoms with Gasteiger partial charge in [-0.1, -0.05) is 48.5 Å². The Labute approximate surface area is 175 Å². The van der Waals surface area contributed by atoms with Crippen molar-refractivity contribution in [1.29, 1.82) is 0 Å². The maximum Gasteiger partial charge on any atom is 0.255 e. The highest BCUT2D eigenvalue weighted by atomic mass is 16.2. The summed E-state index contributed by atoms with van der Waals surface area (Å²) >= 11 is 0. The van der Waals surface area contributed by atoms with Gasteiger partial charge in [-0.2, -0.15) is 0 Å². The molecule has 0 saturated heterocycles. The van der Waals surface area contributed by atoms with E-state index in [2.05, 4.69) is 10.6 Å². The second kappa shape index (κ2) is 8.21. The molecule has 4 heteroatoms. The molecule has 0 fully saturated rings. The Morgan fingerprint density at radius 3 is 2.23 bits per heavy atom. The molecule has 0 spiro atoms. The first-order chi connectivity index (χ1) is 14.5. The Hall–Kier alpha value is -3.92. The predicted octanol–water partition coefficient (Wildman–Crippen LogP) is 6.03. The minimum absolute atomic E-state index is 0.101. The van der Waals surface area contributed by atoms with Gasteiger partial charge in [-0.15, -0.1) is 0 Å². The zero-order valence-electron chi connectivity index (χ0n) is 16.9. The lowest BCUT2D eigenvalue weighted by molar-refractivity contribution is -0.114. The number of hydrogen-bond acceptors (Lipinski definition) is 2. The lowest BCUT2D eigenvalue weighted by Crippen LogP contribution is -2.11. The van der Waals surface area contributed by atoms with Crippen molar-refractivity contribution in [1.82, 2.24) is 0 Å². The van der Waals surface area contributed by atoms with E-state index in [0.717, 1.165) is 38.8 Å². The number of amides is 2. The number of aryl methyl sites for hydroxylation is 1. The van der Waals surface area contributed by atoms with Crippen molar-refractivity contribution in [2.75, 3.05) is 10.6 Å². The third-order valence-electron chi connectivity index (χ3n) is 4.99. The van der Waals surface area contributed by atoms with Gasteiger partial charge in [-0.25, -0.2) is 0 Å². The molecule has 2 N–H and O–H groups in total. The number of fused-ring (bicyclic) bond motifs is 1. The monoisotopic (exact) mass is 394 g/mol. The first kappa shape index (κ1) is 19.4. The van der Waals surface area contributed by atoms with E-state index in [0.29, 0.717) is 5.56 Å². The summed E-state index contributed by atoms with van der Waals surface area (Å²) in [5.41, 5.74) is 5.21. The Balaban J connectivity index is 1.55. The van der Waals surface area contributed by atoms with Crippen LogP contribution >= 0.6 is 0 Å². The van der Waals surface area contributed by atoms with Crippen molar-refractivity contribution >= 4 is 34.0 Å². The SMILES string of the molecule is CC(=O)Nc1cccc(-c2ccc(NC(=O)c3ccc4ccccc4c3)cc2C)c1. The summed E-state index contributed by atoms with van der Waals surface area (Å²) in [6.45, 7) is 3.50. The Bertz CT molecular complexity index is 1260. The summed E-state index contributed by atoms with van der Waals surface area (Å²) in [5, 5.41) is 7.94. The highest BCUT2D eigenvalue weighted by molar-refractivity contribution is 6.06. The van der Waals surface area contributed by atoms with Crippen LogP contribution in [0.4, 0.5) is 11.4 Å². The fraction of sp³-hybridized carbons (Fsp3) is 0.0769. The summed E-state index contributed by atoms with van der Waals surface area (Å²) in [5.74, 6) is -0.240. The lowest BCUT2D eigenvalue weighted by atomic mass is 9.99. The van der Waals surface area contributed by atoms with E-state index in [1.807, 2.05) is 91.9 Å². The third kappa shape index (κ3) is 4.23. The summed E-state index contributed by atoms with van der Waals surface area (Å²) in [6, 6.07) is 27.2. The first-order valence-corrected chi connectivity index (χ1v) is 9.78. The van der Waals surface area contributed by atoms with Crippen LogP contribution in [0.1, 0.15) is 22.8 Å². The van der Waals surface area contributed by atoms with Gasteiger partial charge in [0.15, 0.2) is 0 Å². The van der Waals surface area contributed by atoms with Gasteiger partial charge in [-0.05, 0) is 70.8 Å². The second-order valence-electron chi connectivity index (χ2n) is 7.31. The molecule has 0 aromatic heterocycles. The van der Waals surface area contributed by atoms with Crippen LogP contribution in [0.15, 0.2) is 84.9 Å². The number of benzene rings is 4. The van der Waals surface area contributed by atoms with E-state index in [4.69, 9.17) is 0 Å². The fourth-order valence-electron chi connectivity index (χ4n) is 3.57. The molecule has 0 aliphatic rings. The lowest BCUT2D eigenvalue weighted by Gasteiger charge is -2.12. The van der Waals surface area contributed by atoms with Crippen molar-refractivity contribution in [3.05, 3.63) is 96.1 Å². The van der Waals surface area contributed by atoms with E-state index >= 15 is 0 Å². The Morgan fingerprint density at radius 2 is 1.47 bits per heavy atom. The molecule has 0 aliphatic carbocycles. The molecule has 148 valence electrons. The largest absolute Gasteiger partial charge is 0.326 e. The number of anilines is 2. The number of rotatable bonds is 4. The molecule has 0 heterocycles. The number of carbonyl (C=O) groups is 2. The standard InChI is InChI=1S/C26H22N2O2/c1-17-14-24(12-13-25(17)21-8-5-9-23(16-21)27-18(2)29)28-26(30)22-11-10-19-6-3-4-7-20(19)15-22/h3-16H,1-2H3,(H,27,29)(H,28,30). The second-order valence-corrected chi connectivity index (χ2v) is 7.31. The molecular formula is C26H22N2O2. The van der Waals surface area contributed by atoms with Crippen LogP contribution in [-0.2, 0) is 4.79 Å². The average molecular weight is 394 g/mol. The molecule has 4 rings (SSSR count). The molecule has 4 nitrogen and oxygen atoms in total. The van der Waals surface area contributed by atoms with E-state index in [-0.39, 0.29) is 11.8 Å². The molecule has 2 amide bonds. The number of nitrogens with one attached hydrogen (secondary N) is 2. The molecular weight excluding hydrogens is 372 g/mol. The summed E-state index contributed by atoms with van der Waals surface area (Å²) in [4.78, 5) is 24.0. The van der Waals surface area contributed by atoms with Crippen LogP contribution in [0.25, 0.3) is 21.9 Å². The van der Waals surface area contributed by atoms with E-state index in [1.165, 1.54) is 6.92 Å². The van der Waals surface area contributed by atoms with E-state index in [1.54, 1.807) is 0 Å². The predicted molar refractivity (Wildman–Crippen MR) is 123 cm³/mol. The van der Waals surface area contributed by atoms with Gasteiger partial charge in [0.05, 0.1) is 0 Å². The van der Waals surface area contributed by atoms with Crippen molar-refractivity contribution in [3.63, 3.8) is 0 Å². The van der Waals surface area contributed by atoms with Crippen LogP contribution < -0.4 is 10.6 Å². The number of hydrogen-bond donors (Lipinski definition) is 2. The van der Waals surface area contributed by atoms with Gasteiger partial charge in [0.2, 0.25) is 5.91 Å². The molecule has 0 atom stereocenters. The minimum Gasteiger partial charge on any atom is -0.326 e. The number of carbonyl (C=O) groups excluding carboxylic acids is 2. The van der Waals surface area contributed by atoms with Crippen molar-refractivity contribution in [3.8, 4) is 11.1 Å². The molecule has 0 aliphatic heterocycles. The molecule has 0 radical (unpaired) electrons. The third-order valence-corrected chi connectivity index (χ3v) is 4.99. The molecule has 0 saturated carbocycles. The Morgan fingerprint density at radius 1 is 0.700 bits per heavy atom. The van der Waals surface area contributed by atoms with Crippen LogP contribution in [0.3, 0.4) is 0 Å². The van der Waals surface area contributed by atoms with Crippen molar-refractivity contribution in [2.24, 2.45) is 0 Å². The highest BCUT2D eigenvalue weighted by Crippen LogP contribution is 2.28. The summed E-state index contributed by atoms with van der Waals surface area (Å²) in [6.07, 6.45) is 0. The van der Waals surface area contributed by atoms with Crippen molar-refractivity contribution < 1.29 is 9.59 Å². The summed E-state index contributed by atoms with van der Waals surface area (Å²) < 4.78 is 0. The fourth-order valence-corrected chi connectivity index (χ4v) is 3.57. The average Bonchev–Trinajstić information content (AvgIpc) is 2.73. The maximum atomic E-state index is 12.7. The topological polar surface area (TPSA) is 58.2 Å². The van der Waals surface area contributed by atoms with Crippen LogP contribution in [0.5, 0.6) is 0 Å². The quantitative estimate of drug-likeness (QED) is 0.444. The van der Waals surface area contributed by atoms with Crippen LogP contribution in [-0.4, -0.2) is 11.8 Å². The molecule has 4 aromatic carbocycles. The van der Waals surface area contributed by atoms with Gasteiger partial charge in [0.1, 0.15) is 0 Å². The van der Waals surface area contributed by atoms with Crippen molar-refractivity contribution in [2.45, 2.75) is 13.8 Å². The van der Waals surface area contributed by atoms with Gasteiger partial charge >= 0.3 is 0 Å². The molecule has 4 aromatic rings. The van der Waals surface area contributed by atoms with Crippen LogP contribution in [0, 0.1) is 6.92 Å². The molecule has 0 unspecified atom stereocenters.